The second-order valence-electron chi connectivity index (χ2n) is 6.57. The van der Waals surface area contributed by atoms with E-state index in [1.807, 2.05) is 12.1 Å². The van der Waals surface area contributed by atoms with Gasteiger partial charge in [0.15, 0.2) is 0 Å². The monoisotopic (exact) mass is 322 g/mol. The van der Waals surface area contributed by atoms with Crippen LogP contribution in [0.4, 0.5) is 4.39 Å². The third kappa shape index (κ3) is 4.29. The Morgan fingerprint density at radius 3 is 2.70 bits per heavy atom. The molecule has 2 heterocycles. The molecule has 1 aromatic rings. The van der Waals surface area contributed by atoms with Crippen molar-refractivity contribution in [2.24, 2.45) is 0 Å². The largest absolute Gasteiger partial charge is 0.396 e. The van der Waals surface area contributed by atoms with Crippen LogP contribution in [0.1, 0.15) is 24.8 Å². The Hall–Kier alpha value is -1.01. The number of halogens is 1. The van der Waals surface area contributed by atoms with Crippen LogP contribution in [0.5, 0.6) is 0 Å². The molecule has 1 atom stereocenters. The zero-order chi connectivity index (χ0) is 16.1. The Labute approximate surface area is 137 Å². The van der Waals surface area contributed by atoms with E-state index >= 15 is 0 Å². The van der Waals surface area contributed by atoms with Gasteiger partial charge in [-0.05, 0) is 25.3 Å². The second kappa shape index (κ2) is 8.20. The van der Waals surface area contributed by atoms with E-state index in [-0.39, 0.29) is 18.5 Å². The molecule has 0 unspecified atom stereocenters. The number of benzene rings is 1. The molecule has 2 saturated heterocycles. The van der Waals surface area contributed by atoms with Gasteiger partial charge in [-0.25, -0.2) is 4.39 Å². The minimum atomic E-state index is -0.137. The smallest absolute Gasteiger partial charge is 0.127 e. The molecule has 4 nitrogen and oxygen atoms in total. The van der Waals surface area contributed by atoms with Gasteiger partial charge in [0.05, 0.1) is 0 Å². The van der Waals surface area contributed by atoms with Gasteiger partial charge < -0.3 is 9.84 Å². The number of nitrogens with zero attached hydrogens (tertiary/aromatic N) is 2. The summed E-state index contributed by atoms with van der Waals surface area (Å²) in [4.78, 5) is 4.87. The van der Waals surface area contributed by atoms with Gasteiger partial charge in [-0.2, -0.15) is 0 Å². The van der Waals surface area contributed by atoms with Crippen molar-refractivity contribution < 1.29 is 14.2 Å². The fourth-order valence-corrected chi connectivity index (χ4v) is 3.78. The molecule has 1 N–H and O–H groups in total. The molecule has 3 rings (SSSR count). The van der Waals surface area contributed by atoms with E-state index in [1.165, 1.54) is 6.07 Å². The molecule has 2 fully saturated rings. The predicted molar refractivity (Wildman–Crippen MR) is 87.7 cm³/mol. The first-order valence-corrected chi connectivity index (χ1v) is 8.68. The van der Waals surface area contributed by atoms with Crippen LogP contribution in [-0.4, -0.2) is 66.4 Å². The lowest BCUT2D eigenvalue weighted by Crippen LogP contribution is -2.56. The normalized spacial score (nSPS) is 24.9. The van der Waals surface area contributed by atoms with Crippen LogP contribution < -0.4 is 0 Å². The summed E-state index contributed by atoms with van der Waals surface area (Å²) >= 11 is 0. The molecule has 128 valence electrons. The van der Waals surface area contributed by atoms with E-state index < -0.39 is 0 Å². The van der Waals surface area contributed by atoms with Crippen molar-refractivity contribution in [1.82, 2.24) is 9.80 Å². The predicted octanol–water partition coefficient (Wildman–Crippen LogP) is 1.87. The molecule has 5 heteroatoms. The van der Waals surface area contributed by atoms with Crippen molar-refractivity contribution >= 4 is 0 Å². The van der Waals surface area contributed by atoms with Gasteiger partial charge >= 0.3 is 0 Å². The highest BCUT2D eigenvalue weighted by molar-refractivity contribution is 5.17. The number of aliphatic hydroxyl groups excluding tert-OH is 1. The van der Waals surface area contributed by atoms with Gasteiger partial charge in [0.1, 0.15) is 5.82 Å². The summed E-state index contributed by atoms with van der Waals surface area (Å²) in [5, 5.41) is 9.41. The van der Waals surface area contributed by atoms with Crippen molar-refractivity contribution in [2.75, 3.05) is 39.5 Å². The van der Waals surface area contributed by atoms with E-state index in [9.17, 15) is 9.50 Å². The fourth-order valence-electron chi connectivity index (χ4n) is 3.78. The van der Waals surface area contributed by atoms with E-state index in [2.05, 4.69) is 9.80 Å². The lowest BCUT2D eigenvalue weighted by atomic mass is 10.0. The third-order valence-electron chi connectivity index (χ3n) is 5.14. The van der Waals surface area contributed by atoms with Gasteiger partial charge in [-0.1, -0.05) is 18.2 Å². The fraction of sp³-hybridized carbons (Fsp3) is 0.667. The average Bonchev–Trinajstić information content (AvgIpc) is 2.59. The minimum Gasteiger partial charge on any atom is -0.396 e. The van der Waals surface area contributed by atoms with Gasteiger partial charge in [-0.15, -0.1) is 0 Å². The number of rotatable bonds is 5. The Morgan fingerprint density at radius 2 is 1.96 bits per heavy atom. The topological polar surface area (TPSA) is 35.9 Å². The SMILES string of the molecule is OCC[C@H]1CN(C2CCOCC2)CCN1Cc1ccccc1F. The molecule has 0 aliphatic carbocycles. The van der Waals surface area contributed by atoms with Crippen LogP contribution in [0.3, 0.4) is 0 Å². The van der Waals surface area contributed by atoms with Crippen LogP contribution in [-0.2, 0) is 11.3 Å². The molecule has 0 radical (unpaired) electrons. The summed E-state index contributed by atoms with van der Waals surface area (Å²) in [6.45, 7) is 5.41. The molecule has 2 aliphatic heterocycles. The summed E-state index contributed by atoms with van der Waals surface area (Å²) in [7, 11) is 0. The lowest BCUT2D eigenvalue weighted by molar-refractivity contribution is -0.0119. The van der Waals surface area contributed by atoms with Gasteiger partial charge in [0.25, 0.3) is 0 Å². The van der Waals surface area contributed by atoms with Crippen molar-refractivity contribution in [1.29, 1.82) is 0 Å². The van der Waals surface area contributed by atoms with Gasteiger partial charge in [-0.3, -0.25) is 9.80 Å². The van der Waals surface area contributed by atoms with Crippen LogP contribution >= 0.6 is 0 Å². The lowest BCUT2D eigenvalue weighted by Gasteiger charge is -2.45. The molecule has 1 aromatic carbocycles. The summed E-state index contributed by atoms with van der Waals surface area (Å²) in [5.74, 6) is -0.137. The Morgan fingerprint density at radius 1 is 1.17 bits per heavy atom. The molecular weight excluding hydrogens is 295 g/mol. The Kier molecular flexibility index (Phi) is 6.00. The highest BCUT2D eigenvalue weighted by Gasteiger charge is 2.31. The maximum absolute atomic E-state index is 13.9. The molecule has 0 aromatic heterocycles. The maximum atomic E-state index is 13.9. The summed E-state index contributed by atoms with van der Waals surface area (Å²) < 4.78 is 19.4. The second-order valence-corrected chi connectivity index (χ2v) is 6.57. The third-order valence-corrected chi connectivity index (χ3v) is 5.14. The minimum absolute atomic E-state index is 0.137. The van der Waals surface area contributed by atoms with Gasteiger partial charge in [0, 0.05) is 63.6 Å². The molecule has 0 saturated carbocycles. The first-order valence-electron chi connectivity index (χ1n) is 8.68. The molecule has 0 amide bonds. The molecule has 23 heavy (non-hydrogen) atoms. The van der Waals surface area contributed by atoms with E-state index in [1.54, 1.807) is 6.07 Å². The van der Waals surface area contributed by atoms with Crippen LogP contribution in [0.25, 0.3) is 0 Å². The van der Waals surface area contributed by atoms with Crippen molar-refractivity contribution in [3.63, 3.8) is 0 Å². The highest BCUT2D eigenvalue weighted by atomic mass is 19.1. The summed E-state index contributed by atoms with van der Waals surface area (Å²) in [6.07, 6.45) is 2.94. The molecule has 0 bridgehead atoms. The van der Waals surface area contributed by atoms with Crippen molar-refractivity contribution in [3.8, 4) is 0 Å². The number of hydrogen-bond acceptors (Lipinski definition) is 4. The Balaban J connectivity index is 1.63. The summed E-state index contributed by atoms with van der Waals surface area (Å²) in [5.41, 5.74) is 0.745. The number of piperazine rings is 1. The van der Waals surface area contributed by atoms with Gasteiger partial charge in [0.2, 0.25) is 0 Å². The quantitative estimate of drug-likeness (QED) is 0.898. The zero-order valence-electron chi connectivity index (χ0n) is 13.7. The van der Waals surface area contributed by atoms with E-state index in [0.29, 0.717) is 12.6 Å². The average molecular weight is 322 g/mol. The number of aliphatic hydroxyl groups is 1. The van der Waals surface area contributed by atoms with E-state index in [4.69, 9.17) is 4.74 Å². The van der Waals surface area contributed by atoms with Crippen molar-refractivity contribution in [2.45, 2.75) is 37.9 Å². The number of hydrogen-bond donors (Lipinski definition) is 1. The molecular formula is C18H27FN2O2. The zero-order valence-corrected chi connectivity index (χ0v) is 13.7. The standard InChI is InChI=1S/C18H27FN2O2/c19-18-4-2-1-3-15(18)13-20-8-9-21(14-17(20)5-10-22)16-6-11-23-12-7-16/h1-4,16-17,22H,5-14H2/t17-/m0/s1. The number of ether oxygens (including phenoxy) is 1. The van der Waals surface area contributed by atoms with Crippen molar-refractivity contribution in [3.05, 3.63) is 35.6 Å². The van der Waals surface area contributed by atoms with Crippen LogP contribution in [0, 0.1) is 5.82 Å². The molecule has 2 aliphatic rings. The molecule has 0 spiro atoms. The van der Waals surface area contributed by atoms with E-state index in [0.717, 1.165) is 57.7 Å². The highest BCUT2D eigenvalue weighted by Crippen LogP contribution is 2.22. The summed E-state index contributed by atoms with van der Waals surface area (Å²) in [6, 6.07) is 7.88. The van der Waals surface area contributed by atoms with Crippen LogP contribution in [0.15, 0.2) is 24.3 Å². The Bertz CT molecular complexity index is 494. The van der Waals surface area contributed by atoms with Crippen LogP contribution in [0.2, 0.25) is 0 Å². The first-order chi connectivity index (χ1) is 11.3. The maximum Gasteiger partial charge on any atom is 0.127 e. The first kappa shape index (κ1) is 16.8.